The number of rotatable bonds is 1. The van der Waals surface area contributed by atoms with E-state index in [2.05, 4.69) is 37.0 Å². The van der Waals surface area contributed by atoms with Crippen LogP contribution < -0.4 is 5.10 Å². The molecule has 0 spiro atoms. The summed E-state index contributed by atoms with van der Waals surface area (Å²) in [5.41, 5.74) is 2.39. The number of hydrogen-bond acceptors (Lipinski definition) is 0. The van der Waals surface area contributed by atoms with Crippen LogP contribution in [0.25, 0.3) is 0 Å². The Morgan fingerprint density at radius 2 is 2.18 bits per heavy atom. The topological polar surface area (TPSA) is 29.9 Å². The van der Waals surface area contributed by atoms with Gasteiger partial charge in [-0.2, -0.15) is 5.10 Å². The van der Waals surface area contributed by atoms with Crippen LogP contribution in [0.4, 0.5) is 0 Å². The summed E-state index contributed by atoms with van der Waals surface area (Å²) in [6.07, 6.45) is 0. The molecule has 0 aromatic carbocycles. The molecule has 1 aromatic rings. The Morgan fingerprint density at radius 1 is 1.55 bits per heavy atom. The first-order valence-corrected chi connectivity index (χ1v) is 4.23. The Kier molecular flexibility index (Phi) is 2.23. The maximum atomic E-state index is 5.64. The Balaban J connectivity index is 2.89. The van der Waals surface area contributed by atoms with Gasteiger partial charge in [0.15, 0.2) is 0 Å². The lowest BCUT2D eigenvalue weighted by Gasteiger charge is -2.08. The molecule has 0 saturated carbocycles. The predicted octanol–water partition coefficient (Wildman–Crippen LogP) is 1.87. The number of aromatic nitrogens is 2. The van der Waals surface area contributed by atoms with Gasteiger partial charge in [-0.05, 0) is 0 Å². The molecule has 0 aliphatic carbocycles. The Morgan fingerprint density at radius 3 is 2.45 bits per heavy atom. The van der Waals surface area contributed by atoms with Crippen LogP contribution in [0.1, 0.15) is 32.2 Å². The van der Waals surface area contributed by atoms with E-state index in [-0.39, 0.29) is 5.41 Å². The zero-order valence-corrected chi connectivity index (χ0v) is 7.92. The first kappa shape index (κ1) is 8.60. The van der Waals surface area contributed by atoms with Gasteiger partial charge in [-0.15, -0.1) is 16.7 Å². The van der Waals surface area contributed by atoms with Crippen LogP contribution in [0.15, 0.2) is 6.07 Å². The molecule has 62 valence electrons. The van der Waals surface area contributed by atoms with Crippen LogP contribution in [0.2, 0.25) is 0 Å². The Hall–Kier alpha value is -0.500. The fourth-order valence-corrected chi connectivity index (χ4v) is 1.01. The minimum atomic E-state index is 0.167. The average molecular weight is 174 g/mol. The summed E-state index contributed by atoms with van der Waals surface area (Å²) in [4.78, 5) is 0. The normalized spacial score (nSPS) is 12.0. The number of nitrogens with one attached hydrogen (secondary N) is 2. The molecule has 0 saturated heterocycles. The highest BCUT2D eigenvalue weighted by Crippen LogP contribution is 2.18. The SMILES string of the molecule is CC(C)(C)c1cc(CCl)[nH][nH+]1. The lowest BCUT2D eigenvalue weighted by molar-refractivity contribution is -0.465. The third-order valence-corrected chi connectivity index (χ3v) is 1.92. The molecule has 0 fully saturated rings. The molecule has 2 N–H and O–H groups in total. The minimum absolute atomic E-state index is 0.167. The first-order chi connectivity index (χ1) is 5.04. The van der Waals surface area contributed by atoms with Crippen molar-refractivity contribution in [3.8, 4) is 0 Å². The number of aromatic amines is 2. The molecule has 11 heavy (non-hydrogen) atoms. The number of H-pyrrole nitrogens is 2. The van der Waals surface area contributed by atoms with Gasteiger partial charge in [0.2, 0.25) is 5.69 Å². The molecule has 0 unspecified atom stereocenters. The molecule has 2 nitrogen and oxygen atoms in total. The Labute approximate surface area is 72.0 Å². The molecule has 3 heteroatoms. The highest BCUT2D eigenvalue weighted by atomic mass is 35.5. The van der Waals surface area contributed by atoms with Crippen LogP contribution >= 0.6 is 11.6 Å². The fourth-order valence-electron chi connectivity index (χ4n) is 0.870. The van der Waals surface area contributed by atoms with E-state index in [0.29, 0.717) is 5.88 Å². The largest absolute Gasteiger partial charge is 0.210 e. The van der Waals surface area contributed by atoms with E-state index in [1.165, 1.54) is 5.69 Å². The summed E-state index contributed by atoms with van der Waals surface area (Å²) in [5.74, 6) is 0.534. The molecule has 0 bridgehead atoms. The van der Waals surface area contributed by atoms with Gasteiger partial charge in [-0.25, -0.2) is 0 Å². The summed E-state index contributed by atoms with van der Waals surface area (Å²) >= 11 is 5.64. The summed E-state index contributed by atoms with van der Waals surface area (Å²) in [6, 6.07) is 2.06. The third kappa shape index (κ3) is 1.96. The van der Waals surface area contributed by atoms with Gasteiger partial charge >= 0.3 is 0 Å². The molecule has 0 aliphatic rings. The lowest BCUT2D eigenvalue weighted by Crippen LogP contribution is -2.22. The molecule has 0 aliphatic heterocycles. The van der Waals surface area contributed by atoms with Crippen molar-refractivity contribution in [1.82, 2.24) is 5.10 Å². The van der Waals surface area contributed by atoms with Crippen LogP contribution in [0.5, 0.6) is 0 Å². The third-order valence-electron chi connectivity index (χ3n) is 1.63. The maximum Gasteiger partial charge on any atom is 0.210 e. The van der Waals surface area contributed by atoms with Crippen LogP contribution in [-0.2, 0) is 11.3 Å². The molecular formula is C8H14ClN2+. The van der Waals surface area contributed by atoms with Gasteiger partial charge in [0.25, 0.3) is 0 Å². The van der Waals surface area contributed by atoms with E-state index in [9.17, 15) is 0 Å². The van der Waals surface area contributed by atoms with Crippen LogP contribution in [-0.4, -0.2) is 5.10 Å². The van der Waals surface area contributed by atoms with Crippen molar-refractivity contribution in [1.29, 1.82) is 0 Å². The van der Waals surface area contributed by atoms with E-state index >= 15 is 0 Å². The average Bonchev–Trinajstić information content (AvgIpc) is 2.32. The number of hydrogen-bond donors (Lipinski definition) is 1. The molecular weight excluding hydrogens is 160 g/mol. The highest BCUT2D eigenvalue weighted by Gasteiger charge is 2.22. The monoisotopic (exact) mass is 173 g/mol. The first-order valence-electron chi connectivity index (χ1n) is 3.70. The summed E-state index contributed by atoms with van der Waals surface area (Å²) in [5, 5.41) is 6.09. The van der Waals surface area contributed by atoms with Crippen molar-refractivity contribution in [2.24, 2.45) is 0 Å². The lowest BCUT2D eigenvalue weighted by atomic mass is 9.92. The standard InChI is InChI=1S/C8H13ClN2/c1-8(2,3)7-4-6(5-9)10-11-7/h4H,5H2,1-3H3,(H,10,11)/p+1. The summed E-state index contributed by atoms with van der Waals surface area (Å²) in [7, 11) is 0. The second-order valence-corrected chi connectivity index (χ2v) is 3.98. The fraction of sp³-hybridized carbons (Fsp3) is 0.625. The van der Waals surface area contributed by atoms with Crippen molar-refractivity contribution in [2.75, 3.05) is 0 Å². The smallest absolute Gasteiger partial charge is 0.170 e. The van der Waals surface area contributed by atoms with E-state index < -0.39 is 0 Å². The molecule has 1 aromatic heterocycles. The molecule has 0 radical (unpaired) electrons. The van der Waals surface area contributed by atoms with Gasteiger partial charge < -0.3 is 0 Å². The summed E-state index contributed by atoms with van der Waals surface area (Å²) in [6.45, 7) is 6.47. The zero-order chi connectivity index (χ0) is 8.48. The summed E-state index contributed by atoms with van der Waals surface area (Å²) < 4.78 is 0. The van der Waals surface area contributed by atoms with Gasteiger partial charge in [-0.1, -0.05) is 20.8 Å². The Bertz CT molecular complexity index is 234. The second-order valence-electron chi connectivity index (χ2n) is 3.72. The van der Waals surface area contributed by atoms with Gasteiger partial charge in [-0.3, -0.25) is 0 Å². The van der Waals surface area contributed by atoms with Gasteiger partial charge in [0.05, 0.1) is 11.6 Å². The van der Waals surface area contributed by atoms with Crippen LogP contribution in [0, 0.1) is 0 Å². The van der Waals surface area contributed by atoms with Crippen molar-refractivity contribution in [3.05, 3.63) is 17.5 Å². The van der Waals surface area contributed by atoms with Crippen molar-refractivity contribution in [2.45, 2.75) is 32.1 Å². The van der Waals surface area contributed by atoms with Gasteiger partial charge in [0.1, 0.15) is 0 Å². The van der Waals surface area contributed by atoms with Crippen molar-refractivity contribution in [3.63, 3.8) is 0 Å². The van der Waals surface area contributed by atoms with E-state index in [1.807, 2.05) is 0 Å². The quantitative estimate of drug-likeness (QED) is 0.629. The highest BCUT2D eigenvalue weighted by molar-refractivity contribution is 6.16. The van der Waals surface area contributed by atoms with Gasteiger partial charge in [0, 0.05) is 11.5 Å². The molecule has 1 heterocycles. The van der Waals surface area contributed by atoms with Crippen molar-refractivity contribution < 1.29 is 5.10 Å². The van der Waals surface area contributed by atoms with Crippen molar-refractivity contribution >= 4 is 11.6 Å². The van der Waals surface area contributed by atoms with E-state index in [4.69, 9.17) is 11.6 Å². The van der Waals surface area contributed by atoms with E-state index in [1.54, 1.807) is 0 Å². The number of alkyl halides is 1. The molecule has 0 atom stereocenters. The molecule has 0 amide bonds. The van der Waals surface area contributed by atoms with Crippen LogP contribution in [0.3, 0.4) is 0 Å². The predicted molar refractivity (Wildman–Crippen MR) is 45.6 cm³/mol. The van der Waals surface area contributed by atoms with E-state index in [0.717, 1.165) is 5.69 Å². The molecule has 1 rings (SSSR count). The second kappa shape index (κ2) is 2.86. The number of halogens is 1. The zero-order valence-electron chi connectivity index (χ0n) is 7.16. The maximum absolute atomic E-state index is 5.64. The minimum Gasteiger partial charge on any atom is -0.170 e.